The molecule has 33 heavy (non-hydrogen) atoms. The highest BCUT2D eigenvalue weighted by molar-refractivity contribution is 7.80. The summed E-state index contributed by atoms with van der Waals surface area (Å²) in [5.41, 5.74) is 5.19. The third-order valence-electron chi connectivity index (χ3n) is 6.10. The zero-order valence-electron chi connectivity index (χ0n) is 18.5. The van der Waals surface area contributed by atoms with Gasteiger partial charge in [-0.05, 0) is 79.2 Å². The lowest BCUT2D eigenvalue weighted by molar-refractivity contribution is 0.439. The summed E-state index contributed by atoms with van der Waals surface area (Å²) in [6.07, 6.45) is 2.79. The number of nitrogens with zero attached hydrogens (tertiary/aromatic N) is 2. The van der Waals surface area contributed by atoms with Crippen LogP contribution >= 0.6 is 23.8 Å². The first-order chi connectivity index (χ1) is 16.0. The van der Waals surface area contributed by atoms with Gasteiger partial charge in [-0.1, -0.05) is 48.9 Å². The van der Waals surface area contributed by atoms with Crippen molar-refractivity contribution in [3.63, 3.8) is 0 Å². The third-order valence-corrected chi connectivity index (χ3v) is 6.82. The molecule has 0 spiro atoms. The quantitative estimate of drug-likeness (QED) is 0.315. The van der Waals surface area contributed by atoms with Crippen LogP contribution in [0.1, 0.15) is 41.6 Å². The Labute approximate surface area is 204 Å². The molecule has 2 aromatic carbocycles. The summed E-state index contributed by atoms with van der Waals surface area (Å²) in [7, 11) is 0. The van der Waals surface area contributed by atoms with Crippen LogP contribution in [-0.4, -0.2) is 10.1 Å². The van der Waals surface area contributed by atoms with Crippen LogP contribution in [0.15, 0.2) is 83.4 Å². The molecular formula is C27H24ClN3OS. The number of furan rings is 1. The SMILES string of the molecule is CCc1ccc(N2C(=S)N[C@@H](c3ccccn3)[C@H]2c2ccc(-c3ccc(C)c(Cl)c3)o2)cc1. The molecule has 0 aliphatic carbocycles. The Morgan fingerprint density at radius 3 is 2.58 bits per heavy atom. The Balaban J connectivity index is 1.58. The number of pyridine rings is 1. The van der Waals surface area contributed by atoms with Gasteiger partial charge in [-0.3, -0.25) is 4.98 Å². The lowest BCUT2D eigenvalue weighted by atomic mass is 10.0. The topological polar surface area (TPSA) is 41.3 Å². The van der Waals surface area contributed by atoms with Gasteiger partial charge >= 0.3 is 0 Å². The lowest BCUT2D eigenvalue weighted by Gasteiger charge is -2.26. The zero-order chi connectivity index (χ0) is 22.9. The van der Waals surface area contributed by atoms with Gasteiger partial charge in [-0.15, -0.1) is 0 Å². The van der Waals surface area contributed by atoms with Gasteiger partial charge in [0.1, 0.15) is 17.6 Å². The third kappa shape index (κ3) is 4.14. The summed E-state index contributed by atoms with van der Waals surface area (Å²) in [5, 5.41) is 4.85. The fourth-order valence-corrected chi connectivity index (χ4v) is 4.75. The van der Waals surface area contributed by atoms with E-state index in [2.05, 4.69) is 46.4 Å². The van der Waals surface area contributed by atoms with Crippen molar-refractivity contribution in [1.29, 1.82) is 0 Å². The molecule has 6 heteroatoms. The summed E-state index contributed by atoms with van der Waals surface area (Å²) < 4.78 is 6.42. The number of rotatable bonds is 5. The molecule has 1 aliphatic rings. The van der Waals surface area contributed by atoms with Gasteiger partial charge in [0, 0.05) is 22.5 Å². The summed E-state index contributed by atoms with van der Waals surface area (Å²) >= 11 is 12.2. The van der Waals surface area contributed by atoms with E-state index in [1.165, 1.54) is 5.56 Å². The van der Waals surface area contributed by atoms with Crippen molar-refractivity contribution in [1.82, 2.24) is 10.3 Å². The number of aryl methyl sites for hydroxylation is 2. The molecule has 1 aliphatic heterocycles. The highest BCUT2D eigenvalue weighted by Crippen LogP contribution is 2.43. The fraction of sp³-hybridized carbons (Fsp3) is 0.185. The van der Waals surface area contributed by atoms with Crippen molar-refractivity contribution in [2.45, 2.75) is 32.4 Å². The van der Waals surface area contributed by atoms with Gasteiger partial charge in [0.25, 0.3) is 0 Å². The number of hydrogen-bond acceptors (Lipinski definition) is 3. The molecule has 0 bridgehead atoms. The average molecular weight is 474 g/mol. The van der Waals surface area contributed by atoms with E-state index >= 15 is 0 Å². The Morgan fingerprint density at radius 1 is 1.06 bits per heavy atom. The summed E-state index contributed by atoms with van der Waals surface area (Å²) in [6.45, 7) is 4.14. The van der Waals surface area contributed by atoms with E-state index in [-0.39, 0.29) is 12.1 Å². The van der Waals surface area contributed by atoms with Crippen LogP contribution in [0.2, 0.25) is 5.02 Å². The van der Waals surface area contributed by atoms with Crippen molar-refractivity contribution in [2.24, 2.45) is 0 Å². The van der Waals surface area contributed by atoms with Gasteiger partial charge in [-0.2, -0.15) is 0 Å². The van der Waals surface area contributed by atoms with Gasteiger partial charge in [-0.25, -0.2) is 0 Å². The molecule has 3 heterocycles. The first-order valence-electron chi connectivity index (χ1n) is 11.0. The number of thiocarbonyl (C=S) groups is 1. The van der Waals surface area contributed by atoms with E-state index in [9.17, 15) is 0 Å². The second kappa shape index (κ2) is 9.00. The van der Waals surface area contributed by atoms with Crippen molar-refractivity contribution in [3.05, 3.63) is 107 Å². The maximum absolute atomic E-state index is 6.42. The van der Waals surface area contributed by atoms with Crippen molar-refractivity contribution in [2.75, 3.05) is 4.90 Å². The second-order valence-corrected chi connectivity index (χ2v) is 8.98. The summed E-state index contributed by atoms with van der Waals surface area (Å²) in [4.78, 5) is 6.73. The maximum Gasteiger partial charge on any atom is 0.174 e. The van der Waals surface area contributed by atoms with Gasteiger partial charge < -0.3 is 14.6 Å². The van der Waals surface area contributed by atoms with Crippen LogP contribution in [0.3, 0.4) is 0 Å². The molecule has 5 rings (SSSR count). The Kier molecular flexibility index (Phi) is 5.92. The van der Waals surface area contributed by atoms with Crippen LogP contribution in [0, 0.1) is 6.92 Å². The Morgan fingerprint density at radius 2 is 1.88 bits per heavy atom. The predicted octanol–water partition coefficient (Wildman–Crippen LogP) is 7.04. The molecule has 0 saturated carbocycles. The van der Waals surface area contributed by atoms with E-state index in [0.29, 0.717) is 5.11 Å². The molecule has 166 valence electrons. The molecular weight excluding hydrogens is 450 g/mol. The van der Waals surface area contributed by atoms with E-state index in [4.69, 9.17) is 28.2 Å². The van der Waals surface area contributed by atoms with E-state index in [0.717, 1.165) is 45.5 Å². The molecule has 4 nitrogen and oxygen atoms in total. The van der Waals surface area contributed by atoms with Gasteiger partial charge in [0.05, 0.1) is 11.7 Å². The first kappa shape index (κ1) is 21.7. The largest absolute Gasteiger partial charge is 0.459 e. The first-order valence-corrected chi connectivity index (χ1v) is 11.8. The zero-order valence-corrected chi connectivity index (χ0v) is 20.0. The minimum Gasteiger partial charge on any atom is -0.459 e. The normalized spacial score (nSPS) is 17.9. The van der Waals surface area contributed by atoms with E-state index < -0.39 is 0 Å². The molecule has 1 N–H and O–H groups in total. The summed E-state index contributed by atoms with van der Waals surface area (Å²) in [5.74, 6) is 1.58. The fourth-order valence-electron chi connectivity index (χ4n) is 4.23. The summed E-state index contributed by atoms with van der Waals surface area (Å²) in [6, 6.07) is 24.1. The van der Waals surface area contributed by atoms with Gasteiger partial charge in [0.2, 0.25) is 0 Å². The lowest BCUT2D eigenvalue weighted by Crippen LogP contribution is -2.29. The van der Waals surface area contributed by atoms with Gasteiger partial charge in [0.15, 0.2) is 5.11 Å². The Bertz CT molecular complexity index is 1290. The molecule has 2 atom stereocenters. The smallest absolute Gasteiger partial charge is 0.174 e. The molecule has 4 aromatic rings. The number of nitrogens with one attached hydrogen (secondary N) is 1. The highest BCUT2D eigenvalue weighted by Gasteiger charge is 2.42. The average Bonchev–Trinajstić information content (AvgIpc) is 3.46. The molecule has 2 aromatic heterocycles. The van der Waals surface area contributed by atoms with Crippen LogP contribution in [0.5, 0.6) is 0 Å². The van der Waals surface area contributed by atoms with Crippen LogP contribution < -0.4 is 10.2 Å². The number of aromatic nitrogens is 1. The van der Waals surface area contributed by atoms with Crippen molar-refractivity contribution < 1.29 is 4.42 Å². The van der Waals surface area contributed by atoms with Crippen LogP contribution in [0.25, 0.3) is 11.3 Å². The molecule has 0 unspecified atom stereocenters. The number of hydrogen-bond donors (Lipinski definition) is 1. The van der Waals surface area contributed by atoms with Crippen molar-refractivity contribution >= 4 is 34.6 Å². The Hall–Kier alpha value is -3.15. The molecule has 0 radical (unpaired) electrons. The number of benzene rings is 2. The second-order valence-electron chi connectivity index (χ2n) is 8.18. The minimum atomic E-state index is -0.186. The van der Waals surface area contributed by atoms with Crippen LogP contribution in [0.4, 0.5) is 5.69 Å². The predicted molar refractivity (Wildman–Crippen MR) is 138 cm³/mol. The van der Waals surface area contributed by atoms with E-state index in [1.54, 1.807) is 6.20 Å². The van der Waals surface area contributed by atoms with E-state index in [1.807, 2.05) is 55.5 Å². The number of halogens is 1. The standard InChI is InChI=1S/C27H24ClN3OS/c1-3-18-8-11-20(12-9-18)31-26(25(30-27(31)33)22-6-4-5-15-29-22)24-14-13-23(32-24)19-10-7-17(2)21(28)16-19/h4-16,25-26H,3H2,1-2H3,(H,30,33)/t25-,26+/m0/s1. The van der Waals surface area contributed by atoms with Crippen molar-refractivity contribution in [3.8, 4) is 11.3 Å². The highest BCUT2D eigenvalue weighted by atomic mass is 35.5. The molecule has 0 amide bonds. The monoisotopic (exact) mass is 473 g/mol. The number of anilines is 1. The maximum atomic E-state index is 6.42. The minimum absolute atomic E-state index is 0.148. The van der Waals surface area contributed by atoms with Crippen LogP contribution in [-0.2, 0) is 6.42 Å². The molecule has 1 fully saturated rings. The molecule has 1 saturated heterocycles.